The summed E-state index contributed by atoms with van der Waals surface area (Å²) in [6.07, 6.45) is 7.34. The summed E-state index contributed by atoms with van der Waals surface area (Å²) in [5.74, 6) is -0.122. The Kier molecular flexibility index (Phi) is 3.71. The van der Waals surface area contributed by atoms with Crippen molar-refractivity contribution < 1.29 is 4.79 Å². The topological polar surface area (TPSA) is 64.2 Å². The van der Waals surface area contributed by atoms with E-state index >= 15 is 0 Å². The van der Waals surface area contributed by atoms with E-state index in [9.17, 15) is 4.79 Å². The fourth-order valence-electron chi connectivity index (χ4n) is 2.72. The van der Waals surface area contributed by atoms with Crippen molar-refractivity contribution >= 4 is 5.91 Å². The third-order valence-electron chi connectivity index (χ3n) is 3.57. The molecule has 1 aromatic heterocycles. The number of aromatic nitrogens is 2. The van der Waals surface area contributed by atoms with Crippen LogP contribution in [0.2, 0.25) is 0 Å². The molecule has 2 N–H and O–H groups in total. The van der Waals surface area contributed by atoms with Gasteiger partial charge < -0.3 is 15.2 Å². The first-order valence-electron chi connectivity index (χ1n) is 6.57. The number of piperidine rings is 1. The van der Waals surface area contributed by atoms with Gasteiger partial charge in [0, 0.05) is 18.9 Å². The summed E-state index contributed by atoms with van der Waals surface area (Å²) in [6, 6.07) is 0. The van der Waals surface area contributed by atoms with Gasteiger partial charge in [-0.1, -0.05) is 6.42 Å². The number of carbonyl (C=O) groups excluding carboxylic acids is 1. The van der Waals surface area contributed by atoms with Gasteiger partial charge in [0.05, 0.1) is 5.54 Å². The Balaban J connectivity index is 2.13. The molecule has 1 amide bonds. The predicted octanol–water partition coefficient (Wildman–Crippen LogP) is 1.20. The third kappa shape index (κ3) is 2.72. The van der Waals surface area contributed by atoms with Gasteiger partial charge in [-0.2, -0.15) is 0 Å². The van der Waals surface area contributed by atoms with Crippen LogP contribution in [0.25, 0.3) is 0 Å². The molecule has 2 heterocycles. The Labute approximate surface area is 108 Å². The van der Waals surface area contributed by atoms with Crippen LogP contribution in [0.3, 0.4) is 0 Å². The van der Waals surface area contributed by atoms with Gasteiger partial charge in [-0.15, -0.1) is 0 Å². The molecule has 2 rings (SSSR count). The smallest absolute Gasteiger partial charge is 0.284 e. The second-order valence-electron chi connectivity index (χ2n) is 5.63. The lowest BCUT2D eigenvalue weighted by Crippen LogP contribution is -2.44. The van der Waals surface area contributed by atoms with Crippen molar-refractivity contribution in [1.82, 2.24) is 14.5 Å². The number of amides is 1. The standard InChI is InChI=1S/C13H22N4O/c1-13(2,10-16-7-4-3-5-8-16)17-9-6-15-12(17)11(14)18/h6,9H,3-5,7-8,10H2,1-2H3,(H2,14,18). The van der Waals surface area contributed by atoms with E-state index in [1.54, 1.807) is 6.20 Å². The van der Waals surface area contributed by atoms with Gasteiger partial charge in [-0.25, -0.2) is 4.98 Å². The van der Waals surface area contributed by atoms with Gasteiger partial charge >= 0.3 is 0 Å². The average molecular weight is 250 g/mol. The second kappa shape index (κ2) is 5.10. The molecular weight excluding hydrogens is 228 g/mol. The number of hydrogen-bond donors (Lipinski definition) is 1. The third-order valence-corrected chi connectivity index (χ3v) is 3.57. The SMILES string of the molecule is CC(C)(CN1CCCCC1)n1ccnc1C(N)=O. The molecule has 18 heavy (non-hydrogen) atoms. The maximum Gasteiger partial charge on any atom is 0.284 e. The van der Waals surface area contributed by atoms with Crippen LogP contribution in [0.15, 0.2) is 12.4 Å². The Bertz CT molecular complexity index is 418. The van der Waals surface area contributed by atoms with Gasteiger partial charge in [0.25, 0.3) is 5.91 Å². The fourth-order valence-corrected chi connectivity index (χ4v) is 2.72. The zero-order chi connectivity index (χ0) is 13.2. The zero-order valence-corrected chi connectivity index (χ0v) is 11.2. The first kappa shape index (κ1) is 13.1. The van der Waals surface area contributed by atoms with Crippen LogP contribution in [-0.2, 0) is 5.54 Å². The van der Waals surface area contributed by atoms with Gasteiger partial charge in [-0.05, 0) is 39.8 Å². The largest absolute Gasteiger partial charge is 0.363 e. The number of likely N-dealkylation sites (tertiary alicyclic amines) is 1. The number of primary amides is 1. The van der Waals surface area contributed by atoms with Gasteiger partial charge in [0.2, 0.25) is 0 Å². The number of imidazole rings is 1. The Morgan fingerprint density at radius 1 is 1.39 bits per heavy atom. The van der Waals surface area contributed by atoms with Gasteiger partial charge in [-0.3, -0.25) is 4.79 Å². The Morgan fingerprint density at radius 3 is 2.67 bits per heavy atom. The van der Waals surface area contributed by atoms with Crippen molar-refractivity contribution in [2.75, 3.05) is 19.6 Å². The first-order chi connectivity index (χ1) is 8.50. The quantitative estimate of drug-likeness (QED) is 0.873. The summed E-state index contributed by atoms with van der Waals surface area (Å²) < 4.78 is 1.89. The molecule has 0 saturated carbocycles. The van der Waals surface area contributed by atoms with Gasteiger partial charge in [0.1, 0.15) is 0 Å². The first-order valence-corrected chi connectivity index (χ1v) is 6.57. The zero-order valence-electron chi connectivity index (χ0n) is 11.2. The number of nitrogens with zero attached hydrogens (tertiary/aromatic N) is 3. The van der Waals surface area contributed by atoms with Crippen LogP contribution < -0.4 is 5.73 Å². The number of rotatable bonds is 4. The summed E-state index contributed by atoms with van der Waals surface area (Å²) in [7, 11) is 0. The van der Waals surface area contributed by atoms with Crippen molar-refractivity contribution in [3.63, 3.8) is 0 Å². The van der Waals surface area contributed by atoms with Crippen LogP contribution >= 0.6 is 0 Å². The summed E-state index contributed by atoms with van der Waals surface area (Å²) >= 11 is 0. The highest BCUT2D eigenvalue weighted by Crippen LogP contribution is 2.21. The van der Waals surface area contributed by atoms with E-state index in [0.29, 0.717) is 5.82 Å². The van der Waals surface area contributed by atoms with E-state index in [0.717, 1.165) is 19.6 Å². The van der Waals surface area contributed by atoms with E-state index in [1.807, 2.05) is 10.8 Å². The van der Waals surface area contributed by atoms with E-state index in [2.05, 4.69) is 23.7 Å². The summed E-state index contributed by atoms with van der Waals surface area (Å²) in [4.78, 5) is 17.8. The lowest BCUT2D eigenvalue weighted by atomic mass is 10.0. The summed E-state index contributed by atoms with van der Waals surface area (Å²) in [5, 5.41) is 0. The molecule has 5 heteroatoms. The highest BCUT2D eigenvalue weighted by atomic mass is 16.1. The lowest BCUT2D eigenvalue weighted by Gasteiger charge is -2.36. The molecule has 0 atom stereocenters. The molecule has 0 unspecified atom stereocenters. The molecule has 1 aliphatic rings. The van der Waals surface area contributed by atoms with Crippen LogP contribution in [-0.4, -0.2) is 40.0 Å². The van der Waals surface area contributed by atoms with E-state index < -0.39 is 5.91 Å². The maximum atomic E-state index is 11.3. The monoisotopic (exact) mass is 250 g/mol. The molecular formula is C13H22N4O. The van der Waals surface area contributed by atoms with E-state index in [4.69, 9.17) is 5.73 Å². The molecule has 0 radical (unpaired) electrons. The summed E-state index contributed by atoms with van der Waals surface area (Å²) in [5.41, 5.74) is 5.18. The molecule has 1 aliphatic heterocycles. The van der Waals surface area contributed by atoms with Crippen molar-refractivity contribution in [3.05, 3.63) is 18.2 Å². The molecule has 0 aliphatic carbocycles. The number of nitrogens with two attached hydrogens (primary N) is 1. The van der Waals surface area contributed by atoms with Crippen molar-refractivity contribution in [1.29, 1.82) is 0 Å². The van der Waals surface area contributed by atoms with Crippen molar-refractivity contribution in [2.45, 2.75) is 38.6 Å². The molecule has 0 bridgehead atoms. The van der Waals surface area contributed by atoms with E-state index in [1.165, 1.54) is 19.3 Å². The van der Waals surface area contributed by atoms with Crippen LogP contribution in [0, 0.1) is 0 Å². The molecule has 1 saturated heterocycles. The van der Waals surface area contributed by atoms with Crippen LogP contribution in [0.4, 0.5) is 0 Å². The van der Waals surface area contributed by atoms with Gasteiger partial charge in [0.15, 0.2) is 5.82 Å². The minimum Gasteiger partial charge on any atom is -0.363 e. The number of hydrogen-bond acceptors (Lipinski definition) is 3. The summed E-state index contributed by atoms with van der Waals surface area (Å²) in [6.45, 7) is 7.45. The minimum atomic E-state index is -0.466. The highest BCUT2D eigenvalue weighted by Gasteiger charge is 2.27. The minimum absolute atomic E-state index is 0.168. The van der Waals surface area contributed by atoms with E-state index in [-0.39, 0.29) is 5.54 Å². The molecule has 5 nitrogen and oxygen atoms in total. The molecule has 100 valence electrons. The Hall–Kier alpha value is -1.36. The van der Waals surface area contributed by atoms with Crippen molar-refractivity contribution in [2.24, 2.45) is 5.73 Å². The molecule has 0 spiro atoms. The second-order valence-corrected chi connectivity index (χ2v) is 5.63. The maximum absolute atomic E-state index is 11.3. The Morgan fingerprint density at radius 2 is 2.06 bits per heavy atom. The highest BCUT2D eigenvalue weighted by molar-refractivity contribution is 5.89. The lowest BCUT2D eigenvalue weighted by molar-refractivity contribution is 0.0968. The molecule has 1 fully saturated rings. The normalized spacial score (nSPS) is 17.9. The van der Waals surface area contributed by atoms with Crippen LogP contribution in [0.1, 0.15) is 43.7 Å². The average Bonchev–Trinajstić information content (AvgIpc) is 2.79. The number of carbonyl (C=O) groups is 1. The fraction of sp³-hybridized carbons (Fsp3) is 0.692. The predicted molar refractivity (Wildman–Crippen MR) is 70.4 cm³/mol. The van der Waals surface area contributed by atoms with Crippen LogP contribution in [0.5, 0.6) is 0 Å². The van der Waals surface area contributed by atoms with Crippen molar-refractivity contribution in [3.8, 4) is 0 Å². The molecule has 1 aromatic rings. The molecule has 0 aromatic carbocycles.